The molecule has 0 heterocycles. The van der Waals surface area contributed by atoms with Gasteiger partial charge < -0.3 is 20.1 Å². The van der Waals surface area contributed by atoms with Crippen LogP contribution in [0.1, 0.15) is 17.3 Å². The van der Waals surface area contributed by atoms with Crippen LogP contribution >= 0.6 is 11.6 Å². The largest absolute Gasteiger partial charge is 0.495 e. The van der Waals surface area contributed by atoms with Gasteiger partial charge in [-0.1, -0.05) is 11.6 Å². The summed E-state index contributed by atoms with van der Waals surface area (Å²) in [6.45, 7) is 1.38. The number of hydrogen-bond donors (Lipinski definition) is 2. The van der Waals surface area contributed by atoms with E-state index in [1.807, 2.05) is 0 Å². The van der Waals surface area contributed by atoms with Crippen LogP contribution in [-0.4, -0.2) is 37.1 Å². The van der Waals surface area contributed by atoms with Crippen molar-refractivity contribution < 1.29 is 24.0 Å². The fourth-order valence-electron chi connectivity index (χ4n) is 2.32. The van der Waals surface area contributed by atoms with Crippen LogP contribution in [0.25, 0.3) is 0 Å². The second kappa shape index (κ2) is 9.05. The van der Waals surface area contributed by atoms with Gasteiger partial charge in [0.05, 0.1) is 23.3 Å². The molecular formula is C18H18ClN3O6. The number of halogens is 1. The molecular weight excluding hydrogens is 390 g/mol. The normalized spacial score (nSPS) is 11.3. The maximum absolute atomic E-state index is 12.3. The molecule has 0 fully saturated rings. The van der Waals surface area contributed by atoms with Crippen molar-refractivity contribution in [1.82, 2.24) is 0 Å². The molecule has 2 aromatic rings. The molecule has 0 bridgehead atoms. The summed E-state index contributed by atoms with van der Waals surface area (Å²) < 4.78 is 10.3. The van der Waals surface area contributed by atoms with Crippen molar-refractivity contribution in [3.05, 3.63) is 57.1 Å². The summed E-state index contributed by atoms with van der Waals surface area (Å²) in [5, 5.41) is 16.7. The van der Waals surface area contributed by atoms with Gasteiger partial charge in [-0.3, -0.25) is 14.9 Å². The van der Waals surface area contributed by atoms with Crippen LogP contribution in [0.3, 0.4) is 0 Å². The molecule has 28 heavy (non-hydrogen) atoms. The number of ether oxygens (including phenoxy) is 2. The Morgan fingerprint density at radius 1 is 1.18 bits per heavy atom. The Labute approximate surface area is 165 Å². The van der Waals surface area contributed by atoms with Crippen LogP contribution in [0, 0.1) is 10.1 Å². The van der Waals surface area contributed by atoms with E-state index in [-0.39, 0.29) is 16.9 Å². The third-order valence-corrected chi connectivity index (χ3v) is 4.01. The number of rotatable bonds is 7. The van der Waals surface area contributed by atoms with Crippen molar-refractivity contribution in [3.63, 3.8) is 0 Å². The number of amides is 1. The fraction of sp³-hybridized carbons (Fsp3) is 0.222. The van der Waals surface area contributed by atoms with E-state index in [9.17, 15) is 19.7 Å². The molecule has 148 valence electrons. The molecule has 0 saturated heterocycles. The number of hydrogen-bond acceptors (Lipinski definition) is 7. The second-order valence-electron chi connectivity index (χ2n) is 5.62. The average Bonchev–Trinajstić information content (AvgIpc) is 2.67. The number of esters is 1. The first-order valence-corrected chi connectivity index (χ1v) is 8.46. The Kier molecular flexibility index (Phi) is 6.78. The van der Waals surface area contributed by atoms with Gasteiger partial charge in [-0.15, -0.1) is 0 Å². The quantitative estimate of drug-likeness (QED) is 0.409. The number of methoxy groups -OCH3 is 1. The molecule has 0 aliphatic carbocycles. The number of carbonyl (C=O) groups is 2. The molecule has 0 saturated carbocycles. The molecule has 1 amide bonds. The van der Waals surface area contributed by atoms with Crippen LogP contribution in [0.2, 0.25) is 5.02 Å². The number of nitro benzene ring substituents is 1. The SMILES string of the molecule is CNc1ccc(C(=O)OC(C)C(=O)Nc2cc(Cl)ccc2OC)cc1[N+](=O)[O-]. The van der Waals surface area contributed by atoms with Crippen LogP contribution in [0.15, 0.2) is 36.4 Å². The van der Waals surface area contributed by atoms with Gasteiger partial charge in [0, 0.05) is 18.1 Å². The maximum Gasteiger partial charge on any atom is 0.339 e. The summed E-state index contributed by atoms with van der Waals surface area (Å²) in [5.74, 6) is -1.10. The van der Waals surface area contributed by atoms with Gasteiger partial charge in [0.15, 0.2) is 6.10 Å². The first-order valence-electron chi connectivity index (χ1n) is 8.08. The lowest BCUT2D eigenvalue weighted by atomic mass is 10.1. The zero-order chi connectivity index (χ0) is 20.8. The molecule has 0 aliphatic heterocycles. The zero-order valence-corrected chi connectivity index (χ0v) is 16.1. The Balaban J connectivity index is 2.12. The minimum atomic E-state index is -1.17. The first-order chi connectivity index (χ1) is 13.3. The Hall–Kier alpha value is -3.33. The summed E-state index contributed by atoms with van der Waals surface area (Å²) >= 11 is 5.91. The zero-order valence-electron chi connectivity index (χ0n) is 15.3. The van der Waals surface area contributed by atoms with Crippen LogP contribution < -0.4 is 15.4 Å². The van der Waals surface area contributed by atoms with E-state index >= 15 is 0 Å². The lowest BCUT2D eigenvalue weighted by Gasteiger charge is -2.15. The Morgan fingerprint density at radius 3 is 2.50 bits per heavy atom. The van der Waals surface area contributed by atoms with Crippen molar-refractivity contribution in [2.75, 3.05) is 24.8 Å². The number of anilines is 2. The van der Waals surface area contributed by atoms with E-state index < -0.39 is 22.9 Å². The second-order valence-corrected chi connectivity index (χ2v) is 6.06. The third-order valence-electron chi connectivity index (χ3n) is 3.77. The molecule has 1 unspecified atom stereocenters. The standard InChI is InChI=1S/C18H18ClN3O6/c1-10(17(23)21-14-9-12(19)5-7-16(14)27-3)28-18(24)11-4-6-13(20-2)15(8-11)22(25)26/h4-10,20H,1-3H3,(H,21,23). The molecule has 2 N–H and O–H groups in total. The van der Waals surface area contributed by atoms with Gasteiger partial charge in [0.2, 0.25) is 0 Å². The van der Waals surface area contributed by atoms with E-state index in [0.717, 1.165) is 6.07 Å². The average molecular weight is 408 g/mol. The van der Waals surface area contributed by atoms with Gasteiger partial charge in [0.1, 0.15) is 11.4 Å². The number of benzene rings is 2. The lowest BCUT2D eigenvalue weighted by molar-refractivity contribution is -0.384. The number of carbonyl (C=O) groups excluding carboxylic acids is 2. The van der Waals surface area contributed by atoms with Crippen molar-refractivity contribution in [2.24, 2.45) is 0 Å². The van der Waals surface area contributed by atoms with E-state index in [4.69, 9.17) is 21.1 Å². The number of nitro groups is 1. The third kappa shape index (κ3) is 4.89. The summed E-state index contributed by atoms with van der Waals surface area (Å²) in [6.07, 6.45) is -1.17. The lowest BCUT2D eigenvalue weighted by Crippen LogP contribution is -2.30. The molecule has 2 rings (SSSR count). The summed E-state index contributed by atoms with van der Waals surface area (Å²) in [4.78, 5) is 35.1. The summed E-state index contributed by atoms with van der Waals surface area (Å²) in [7, 11) is 2.96. The molecule has 0 radical (unpaired) electrons. The van der Waals surface area contributed by atoms with Gasteiger partial charge >= 0.3 is 5.97 Å². The van der Waals surface area contributed by atoms with E-state index in [1.165, 1.54) is 39.3 Å². The van der Waals surface area contributed by atoms with Crippen molar-refractivity contribution in [1.29, 1.82) is 0 Å². The van der Waals surface area contributed by atoms with Gasteiger partial charge in [0.25, 0.3) is 11.6 Å². The van der Waals surface area contributed by atoms with E-state index in [1.54, 1.807) is 12.1 Å². The van der Waals surface area contributed by atoms with Gasteiger partial charge in [-0.2, -0.15) is 0 Å². The topological polar surface area (TPSA) is 120 Å². The highest BCUT2D eigenvalue weighted by Crippen LogP contribution is 2.28. The predicted octanol–water partition coefficient (Wildman–Crippen LogP) is 3.48. The molecule has 9 nitrogen and oxygen atoms in total. The Bertz CT molecular complexity index is 918. The van der Waals surface area contributed by atoms with Crippen LogP contribution in [0.4, 0.5) is 17.1 Å². The molecule has 10 heteroatoms. The van der Waals surface area contributed by atoms with Gasteiger partial charge in [-0.25, -0.2) is 4.79 Å². The minimum Gasteiger partial charge on any atom is -0.495 e. The van der Waals surface area contributed by atoms with Gasteiger partial charge in [-0.05, 0) is 37.3 Å². The van der Waals surface area contributed by atoms with Crippen molar-refractivity contribution >= 4 is 40.5 Å². The molecule has 0 spiro atoms. The number of nitrogens with one attached hydrogen (secondary N) is 2. The highest BCUT2D eigenvalue weighted by atomic mass is 35.5. The highest BCUT2D eigenvalue weighted by Gasteiger charge is 2.23. The van der Waals surface area contributed by atoms with Crippen LogP contribution in [-0.2, 0) is 9.53 Å². The van der Waals surface area contributed by atoms with E-state index in [0.29, 0.717) is 16.5 Å². The van der Waals surface area contributed by atoms with Crippen LogP contribution in [0.5, 0.6) is 5.75 Å². The highest BCUT2D eigenvalue weighted by molar-refractivity contribution is 6.31. The smallest absolute Gasteiger partial charge is 0.339 e. The molecule has 1 atom stereocenters. The summed E-state index contributed by atoms with van der Waals surface area (Å²) in [6, 6.07) is 8.51. The monoisotopic (exact) mass is 407 g/mol. The molecule has 0 aromatic heterocycles. The molecule has 0 aliphatic rings. The fourth-order valence-corrected chi connectivity index (χ4v) is 2.49. The first kappa shape index (κ1) is 21.0. The maximum atomic E-state index is 12.3. The van der Waals surface area contributed by atoms with Crippen molar-refractivity contribution in [2.45, 2.75) is 13.0 Å². The molecule has 2 aromatic carbocycles. The number of nitrogens with zero attached hydrogens (tertiary/aromatic N) is 1. The predicted molar refractivity (Wildman–Crippen MR) is 104 cm³/mol. The van der Waals surface area contributed by atoms with E-state index in [2.05, 4.69) is 10.6 Å². The Morgan fingerprint density at radius 2 is 1.89 bits per heavy atom. The van der Waals surface area contributed by atoms with Crippen molar-refractivity contribution in [3.8, 4) is 5.75 Å². The summed E-state index contributed by atoms with van der Waals surface area (Å²) in [5.41, 5.74) is 0.237. The minimum absolute atomic E-state index is 0.0503.